The molecule has 0 aromatic heterocycles. The van der Waals surface area contributed by atoms with Crippen molar-refractivity contribution in [3.63, 3.8) is 0 Å². The minimum absolute atomic E-state index is 0.00245. The number of nitrogen functional groups attached to an aromatic ring is 1. The van der Waals surface area contributed by atoms with Gasteiger partial charge >= 0.3 is 0 Å². The zero-order valence-corrected chi connectivity index (χ0v) is 9.54. The maximum Gasteiger partial charge on any atom is 0.253 e. The van der Waals surface area contributed by atoms with Gasteiger partial charge in [-0.2, -0.15) is 0 Å². The van der Waals surface area contributed by atoms with E-state index in [-0.39, 0.29) is 11.5 Å². The van der Waals surface area contributed by atoms with E-state index in [1.165, 1.54) is 4.90 Å². The third kappa shape index (κ3) is 2.54. The summed E-state index contributed by atoms with van der Waals surface area (Å²) in [5.41, 5.74) is 4.59. The second-order valence-corrected chi connectivity index (χ2v) is 4.48. The zero-order chi connectivity index (χ0) is 12.6. The summed E-state index contributed by atoms with van der Waals surface area (Å²) >= 11 is 0. The van der Waals surface area contributed by atoms with Crippen LogP contribution >= 0.6 is 0 Å². The number of benzene rings is 1. The molecule has 1 amide bonds. The molecule has 2 rings (SSSR count). The van der Waals surface area contributed by atoms with Crippen molar-refractivity contribution >= 4 is 11.6 Å². The molecule has 0 spiro atoms. The number of hydrogen-bond acceptors (Lipinski definition) is 2. The Labute approximate surface area is 98.2 Å². The molecular formula is C12H14F2N2O. The van der Waals surface area contributed by atoms with E-state index in [9.17, 15) is 13.6 Å². The van der Waals surface area contributed by atoms with Crippen LogP contribution in [0.15, 0.2) is 12.1 Å². The van der Waals surface area contributed by atoms with Gasteiger partial charge in [0.1, 0.15) is 17.3 Å². The van der Waals surface area contributed by atoms with Gasteiger partial charge in [0.25, 0.3) is 5.91 Å². The largest absolute Gasteiger partial charge is 0.394 e. The molecule has 1 aliphatic carbocycles. The molecular weight excluding hydrogens is 226 g/mol. The molecule has 0 saturated heterocycles. The normalized spacial score (nSPS) is 14.8. The van der Waals surface area contributed by atoms with Gasteiger partial charge in [-0.15, -0.1) is 0 Å². The zero-order valence-electron chi connectivity index (χ0n) is 9.54. The highest BCUT2D eigenvalue weighted by molar-refractivity contribution is 5.94. The van der Waals surface area contributed by atoms with Crippen molar-refractivity contribution in [3.05, 3.63) is 29.3 Å². The van der Waals surface area contributed by atoms with E-state index in [1.807, 2.05) is 0 Å². The summed E-state index contributed by atoms with van der Waals surface area (Å²) in [4.78, 5) is 13.4. The lowest BCUT2D eigenvalue weighted by Crippen LogP contribution is -2.29. The highest BCUT2D eigenvalue weighted by Gasteiger charge is 2.25. The summed E-state index contributed by atoms with van der Waals surface area (Å²) in [7, 11) is 1.63. The fraction of sp³-hybridized carbons (Fsp3) is 0.417. The lowest BCUT2D eigenvalue weighted by Gasteiger charge is -2.17. The number of halogens is 2. The van der Waals surface area contributed by atoms with Gasteiger partial charge in [-0.25, -0.2) is 8.78 Å². The van der Waals surface area contributed by atoms with E-state index in [0.29, 0.717) is 12.5 Å². The van der Waals surface area contributed by atoms with Crippen LogP contribution in [0.2, 0.25) is 0 Å². The Morgan fingerprint density at radius 1 is 1.41 bits per heavy atom. The smallest absolute Gasteiger partial charge is 0.253 e. The fourth-order valence-corrected chi connectivity index (χ4v) is 1.70. The molecule has 1 saturated carbocycles. The molecule has 0 radical (unpaired) electrons. The third-order valence-electron chi connectivity index (χ3n) is 2.90. The van der Waals surface area contributed by atoms with E-state index in [1.54, 1.807) is 7.05 Å². The summed E-state index contributed by atoms with van der Waals surface area (Å²) in [5.74, 6) is -1.64. The van der Waals surface area contributed by atoms with Gasteiger partial charge in [0.15, 0.2) is 0 Å². The number of nitrogens with two attached hydrogens (primary N) is 1. The van der Waals surface area contributed by atoms with E-state index in [2.05, 4.69) is 0 Å². The summed E-state index contributed by atoms with van der Waals surface area (Å²) in [5, 5.41) is 0. The van der Waals surface area contributed by atoms with E-state index < -0.39 is 17.3 Å². The predicted molar refractivity (Wildman–Crippen MR) is 60.5 cm³/mol. The fourth-order valence-electron chi connectivity index (χ4n) is 1.70. The SMILES string of the molecule is CN(CC1CC1)C(=O)c1cc(F)c(N)c(F)c1. The van der Waals surface area contributed by atoms with Crippen LogP contribution in [0.4, 0.5) is 14.5 Å². The first kappa shape index (κ1) is 11.8. The number of rotatable bonds is 3. The van der Waals surface area contributed by atoms with Crippen LogP contribution in [0.5, 0.6) is 0 Å². The van der Waals surface area contributed by atoms with Crippen molar-refractivity contribution < 1.29 is 13.6 Å². The Hall–Kier alpha value is -1.65. The van der Waals surface area contributed by atoms with Gasteiger partial charge in [0.05, 0.1) is 0 Å². The van der Waals surface area contributed by atoms with E-state index in [0.717, 1.165) is 25.0 Å². The molecule has 3 nitrogen and oxygen atoms in total. The minimum Gasteiger partial charge on any atom is -0.394 e. The van der Waals surface area contributed by atoms with Crippen LogP contribution in [0, 0.1) is 17.6 Å². The van der Waals surface area contributed by atoms with Crippen molar-refractivity contribution in [2.24, 2.45) is 5.92 Å². The van der Waals surface area contributed by atoms with E-state index in [4.69, 9.17) is 5.73 Å². The third-order valence-corrected chi connectivity index (χ3v) is 2.90. The number of amides is 1. The minimum atomic E-state index is -0.895. The lowest BCUT2D eigenvalue weighted by molar-refractivity contribution is 0.0787. The van der Waals surface area contributed by atoms with E-state index >= 15 is 0 Å². The van der Waals surface area contributed by atoms with Crippen molar-refractivity contribution in [1.29, 1.82) is 0 Å². The molecule has 1 aromatic rings. The molecule has 92 valence electrons. The van der Waals surface area contributed by atoms with Crippen LogP contribution in [-0.2, 0) is 0 Å². The van der Waals surface area contributed by atoms with Crippen LogP contribution in [0.1, 0.15) is 23.2 Å². The van der Waals surface area contributed by atoms with Crippen molar-refractivity contribution in [2.45, 2.75) is 12.8 Å². The number of carbonyl (C=O) groups excluding carboxylic acids is 1. The second-order valence-electron chi connectivity index (χ2n) is 4.48. The van der Waals surface area contributed by atoms with Crippen LogP contribution in [0.25, 0.3) is 0 Å². The first-order valence-electron chi connectivity index (χ1n) is 5.49. The summed E-state index contributed by atoms with van der Waals surface area (Å²) in [6.07, 6.45) is 2.23. The Bertz CT molecular complexity index is 435. The van der Waals surface area contributed by atoms with Gasteiger partial charge in [-0.1, -0.05) is 0 Å². The molecule has 5 heteroatoms. The topological polar surface area (TPSA) is 46.3 Å². The number of hydrogen-bond donors (Lipinski definition) is 1. The Morgan fingerprint density at radius 2 is 1.94 bits per heavy atom. The molecule has 0 atom stereocenters. The van der Waals surface area contributed by atoms with Crippen molar-refractivity contribution in [1.82, 2.24) is 4.90 Å². The van der Waals surface area contributed by atoms with Crippen LogP contribution < -0.4 is 5.73 Å². The lowest BCUT2D eigenvalue weighted by atomic mass is 10.1. The molecule has 0 unspecified atom stereocenters. The molecule has 17 heavy (non-hydrogen) atoms. The molecule has 1 aliphatic rings. The number of nitrogens with zero attached hydrogens (tertiary/aromatic N) is 1. The molecule has 0 bridgehead atoms. The first-order chi connectivity index (χ1) is 7.99. The maximum absolute atomic E-state index is 13.2. The highest BCUT2D eigenvalue weighted by atomic mass is 19.1. The maximum atomic E-state index is 13.2. The van der Waals surface area contributed by atoms with Crippen LogP contribution in [0.3, 0.4) is 0 Å². The van der Waals surface area contributed by atoms with Gasteiger partial charge in [0, 0.05) is 19.2 Å². The molecule has 1 fully saturated rings. The Kier molecular flexibility index (Phi) is 3.00. The molecule has 0 heterocycles. The molecule has 2 N–H and O–H groups in total. The Balaban J connectivity index is 2.17. The highest BCUT2D eigenvalue weighted by Crippen LogP contribution is 2.29. The Morgan fingerprint density at radius 3 is 2.41 bits per heavy atom. The monoisotopic (exact) mass is 240 g/mol. The van der Waals surface area contributed by atoms with Crippen molar-refractivity contribution in [2.75, 3.05) is 19.3 Å². The quantitative estimate of drug-likeness (QED) is 0.822. The summed E-state index contributed by atoms with van der Waals surface area (Å²) < 4.78 is 26.4. The van der Waals surface area contributed by atoms with Gasteiger partial charge < -0.3 is 10.6 Å². The van der Waals surface area contributed by atoms with Crippen LogP contribution in [-0.4, -0.2) is 24.4 Å². The van der Waals surface area contributed by atoms with Gasteiger partial charge in [-0.3, -0.25) is 4.79 Å². The standard InChI is InChI=1S/C12H14F2N2O/c1-16(6-7-2-3-7)12(17)8-4-9(13)11(15)10(14)5-8/h4-5,7H,2-3,6,15H2,1H3. The summed E-state index contributed by atoms with van der Waals surface area (Å²) in [6, 6.07) is 1.95. The van der Waals surface area contributed by atoms with Gasteiger partial charge in [-0.05, 0) is 30.9 Å². The average molecular weight is 240 g/mol. The van der Waals surface area contributed by atoms with Gasteiger partial charge in [0.2, 0.25) is 0 Å². The van der Waals surface area contributed by atoms with Crippen molar-refractivity contribution in [3.8, 4) is 0 Å². The average Bonchev–Trinajstić information content (AvgIpc) is 3.07. The number of carbonyl (C=O) groups is 1. The summed E-state index contributed by atoms with van der Waals surface area (Å²) in [6.45, 7) is 0.631. The first-order valence-corrected chi connectivity index (χ1v) is 5.49. The molecule has 1 aromatic carbocycles. The predicted octanol–water partition coefficient (Wildman–Crippen LogP) is 2.03. The second kappa shape index (κ2) is 4.31. The number of anilines is 1. The molecule has 0 aliphatic heterocycles.